The second-order valence-corrected chi connectivity index (χ2v) is 9.11. The Hall–Kier alpha value is -2.45. The summed E-state index contributed by atoms with van der Waals surface area (Å²) in [6.45, 7) is 1.45. The van der Waals surface area contributed by atoms with Gasteiger partial charge < -0.3 is 10.1 Å². The van der Waals surface area contributed by atoms with Gasteiger partial charge in [-0.2, -0.15) is 0 Å². The molecule has 0 spiro atoms. The average molecular weight is 421 g/mol. The van der Waals surface area contributed by atoms with Crippen LogP contribution in [-0.4, -0.2) is 37.5 Å². The number of hydrogen-bond donors (Lipinski definition) is 1. The number of halogens is 1. The molecule has 1 fully saturated rings. The Morgan fingerprint density at radius 1 is 1.10 bits per heavy atom. The molecule has 0 bridgehead atoms. The van der Waals surface area contributed by atoms with Gasteiger partial charge in [0.05, 0.1) is 5.75 Å². The number of carbonyl (C=O) groups excluding carboxylic acids is 1. The van der Waals surface area contributed by atoms with E-state index in [2.05, 4.69) is 5.32 Å². The largest absolute Gasteiger partial charge is 0.489 e. The van der Waals surface area contributed by atoms with E-state index in [9.17, 15) is 17.6 Å². The van der Waals surface area contributed by atoms with Crippen molar-refractivity contribution in [2.75, 3.05) is 24.2 Å². The van der Waals surface area contributed by atoms with Gasteiger partial charge >= 0.3 is 0 Å². The number of benzene rings is 2. The van der Waals surface area contributed by atoms with Crippen molar-refractivity contribution in [2.45, 2.75) is 32.3 Å². The maximum Gasteiger partial charge on any atom is 0.224 e. The Balaban J connectivity index is 1.45. The van der Waals surface area contributed by atoms with E-state index in [1.807, 2.05) is 0 Å². The predicted molar refractivity (Wildman–Crippen MR) is 110 cm³/mol. The molecule has 3 rings (SSSR count). The number of amides is 1. The van der Waals surface area contributed by atoms with Gasteiger partial charge in [0.15, 0.2) is 0 Å². The molecule has 0 aliphatic carbocycles. The summed E-state index contributed by atoms with van der Waals surface area (Å²) in [5, 5.41) is 2.77. The Morgan fingerprint density at radius 3 is 2.55 bits per heavy atom. The van der Waals surface area contributed by atoms with E-state index in [4.69, 9.17) is 4.74 Å². The van der Waals surface area contributed by atoms with Crippen LogP contribution in [0.15, 0.2) is 48.5 Å². The van der Waals surface area contributed by atoms with E-state index in [1.54, 1.807) is 36.4 Å². The molecule has 1 aliphatic heterocycles. The van der Waals surface area contributed by atoms with Crippen molar-refractivity contribution >= 4 is 21.6 Å². The van der Waals surface area contributed by atoms with E-state index in [0.29, 0.717) is 24.5 Å². The van der Waals surface area contributed by atoms with Crippen LogP contribution in [0.3, 0.4) is 0 Å². The second-order valence-electron chi connectivity index (χ2n) is 7.02. The summed E-state index contributed by atoms with van der Waals surface area (Å²) < 4.78 is 44.5. The van der Waals surface area contributed by atoms with Crippen molar-refractivity contribution in [2.24, 2.45) is 0 Å². The van der Waals surface area contributed by atoms with Crippen molar-refractivity contribution in [1.82, 2.24) is 4.31 Å². The number of sulfonamides is 1. The normalized spacial score (nSPS) is 14.7. The first kappa shape index (κ1) is 21.3. The molecular formula is C21H25FN2O4S. The zero-order valence-electron chi connectivity index (χ0n) is 16.1. The van der Waals surface area contributed by atoms with Crippen molar-refractivity contribution in [3.05, 3.63) is 59.9 Å². The Kier molecular flexibility index (Phi) is 7.22. The van der Waals surface area contributed by atoms with E-state index in [0.717, 1.165) is 18.4 Å². The molecule has 0 radical (unpaired) electrons. The molecule has 0 aromatic heterocycles. The van der Waals surface area contributed by atoms with Crippen molar-refractivity contribution in [3.63, 3.8) is 0 Å². The van der Waals surface area contributed by atoms with Gasteiger partial charge in [-0.25, -0.2) is 17.1 Å². The fraction of sp³-hybridized carbons (Fsp3) is 0.381. The summed E-state index contributed by atoms with van der Waals surface area (Å²) >= 11 is 0. The number of anilines is 1. The highest BCUT2D eigenvalue weighted by Gasteiger charge is 2.24. The quantitative estimate of drug-likeness (QED) is 0.673. The molecule has 8 heteroatoms. The zero-order chi connectivity index (χ0) is 20.7. The zero-order valence-corrected chi connectivity index (χ0v) is 17.0. The molecule has 1 amide bonds. The van der Waals surface area contributed by atoms with E-state index in [-0.39, 0.29) is 36.9 Å². The molecule has 1 aliphatic rings. The number of nitrogens with zero attached hydrogens (tertiary/aromatic N) is 1. The molecule has 1 heterocycles. The fourth-order valence-corrected chi connectivity index (χ4v) is 4.73. The summed E-state index contributed by atoms with van der Waals surface area (Å²) in [5.74, 6) is 0.0223. The van der Waals surface area contributed by atoms with Gasteiger partial charge in [0.1, 0.15) is 18.2 Å². The first-order chi connectivity index (χ1) is 13.9. The lowest BCUT2D eigenvalue weighted by Crippen LogP contribution is -2.30. The molecule has 6 nitrogen and oxygen atoms in total. The van der Waals surface area contributed by atoms with Crippen LogP contribution in [0.1, 0.15) is 31.2 Å². The number of ether oxygens (including phenoxy) is 1. The first-order valence-corrected chi connectivity index (χ1v) is 11.3. The summed E-state index contributed by atoms with van der Waals surface area (Å²) in [6, 6.07) is 13.0. The third kappa shape index (κ3) is 6.54. The van der Waals surface area contributed by atoms with Gasteiger partial charge in [-0.1, -0.05) is 18.2 Å². The van der Waals surface area contributed by atoms with Crippen LogP contribution in [0.25, 0.3) is 0 Å². The van der Waals surface area contributed by atoms with Crippen LogP contribution in [0.4, 0.5) is 10.1 Å². The molecule has 0 unspecified atom stereocenters. The molecule has 2 aromatic rings. The topological polar surface area (TPSA) is 75.7 Å². The highest BCUT2D eigenvalue weighted by molar-refractivity contribution is 7.89. The monoisotopic (exact) mass is 420 g/mol. The summed E-state index contributed by atoms with van der Waals surface area (Å²) in [4.78, 5) is 12.1. The van der Waals surface area contributed by atoms with Gasteiger partial charge in [0.25, 0.3) is 0 Å². The summed E-state index contributed by atoms with van der Waals surface area (Å²) in [6.07, 6.45) is 2.22. The minimum absolute atomic E-state index is 0.0127. The number of nitrogens with one attached hydrogen (secondary N) is 1. The standard InChI is InChI=1S/C21H25FN2O4S/c22-18-10-8-17(9-11-18)16-28-20-6-3-5-19(15-20)23-21(25)7-4-14-29(26,27)24-12-1-2-13-24/h3,5-6,8-11,15H,1-2,4,7,12-14,16H2,(H,23,25). The smallest absolute Gasteiger partial charge is 0.224 e. The molecule has 2 aromatic carbocycles. The molecule has 1 saturated heterocycles. The van der Waals surface area contributed by atoms with Crippen LogP contribution in [0.2, 0.25) is 0 Å². The van der Waals surface area contributed by atoms with Crippen LogP contribution in [0, 0.1) is 5.82 Å². The minimum Gasteiger partial charge on any atom is -0.489 e. The molecule has 1 N–H and O–H groups in total. The van der Waals surface area contributed by atoms with Gasteiger partial charge in [0.2, 0.25) is 15.9 Å². The lowest BCUT2D eigenvalue weighted by molar-refractivity contribution is -0.116. The maximum atomic E-state index is 12.9. The van der Waals surface area contributed by atoms with Crippen molar-refractivity contribution in [1.29, 1.82) is 0 Å². The third-order valence-corrected chi connectivity index (χ3v) is 6.66. The molecule has 0 atom stereocenters. The molecule has 29 heavy (non-hydrogen) atoms. The number of rotatable bonds is 9. The third-order valence-electron chi connectivity index (χ3n) is 4.70. The van der Waals surface area contributed by atoms with Gasteiger partial charge in [-0.05, 0) is 49.1 Å². The summed E-state index contributed by atoms with van der Waals surface area (Å²) in [7, 11) is -3.26. The first-order valence-electron chi connectivity index (χ1n) is 9.67. The van der Waals surface area contributed by atoms with Gasteiger partial charge in [-0.15, -0.1) is 0 Å². The van der Waals surface area contributed by atoms with Crippen molar-refractivity contribution < 1.29 is 22.3 Å². The number of carbonyl (C=O) groups is 1. The van der Waals surface area contributed by atoms with E-state index in [1.165, 1.54) is 16.4 Å². The Bertz CT molecular complexity index is 926. The van der Waals surface area contributed by atoms with E-state index >= 15 is 0 Å². The lowest BCUT2D eigenvalue weighted by Gasteiger charge is -2.15. The average Bonchev–Trinajstić information content (AvgIpc) is 3.24. The predicted octanol–water partition coefficient (Wildman–Crippen LogP) is 3.55. The lowest BCUT2D eigenvalue weighted by atomic mass is 10.2. The number of hydrogen-bond acceptors (Lipinski definition) is 4. The second kappa shape index (κ2) is 9.84. The highest BCUT2D eigenvalue weighted by Crippen LogP contribution is 2.19. The highest BCUT2D eigenvalue weighted by atomic mass is 32.2. The van der Waals surface area contributed by atoms with Crippen LogP contribution in [-0.2, 0) is 21.4 Å². The van der Waals surface area contributed by atoms with Gasteiger partial charge in [-0.3, -0.25) is 4.79 Å². The maximum absolute atomic E-state index is 12.9. The van der Waals surface area contributed by atoms with Crippen molar-refractivity contribution in [3.8, 4) is 5.75 Å². The molecular weight excluding hydrogens is 395 g/mol. The van der Waals surface area contributed by atoms with E-state index < -0.39 is 10.0 Å². The fourth-order valence-electron chi connectivity index (χ4n) is 3.14. The summed E-state index contributed by atoms with van der Waals surface area (Å²) in [5.41, 5.74) is 1.41. The SMILES string of the molecule is O=C(CCCS(=O)(=O)N1CCCC1)Nc1cccc(OCc2ccc(F)cc2)c1. The van der Waals surface area contributed by atoms with Crippen LogP contribution >= 0.6 is 0 Å². The molecule has 156 valence electrons. The Labute approximate surface area is 170 Å². The van der Waals surface area contributed by atoms with Gasteiger partial charge in [0, 0.05) is 31.3 Å². The van der Waals surface area contributed by atoms with Crippen LogP contribution < -0.4 is 10.1 Å². The Morgan fingerprint density at radius 2 is 1.83 bits per heavy atom. The minimum atomic E-state index is -3.26. The van der Waals surface area contributed by atoms with Crippen LogP contribution in [0.5, 0.6) is 5.75 Å². The molecule has 0 saturated carbocycles.